The molecular weight excluding hydrogens is 297 g/mol. The molecule has 0 bridgehead atoms. The highest BCUT2D eigenvalue weighted by atomic mass is 35.5. The SMILES string of the molecule is Cc1cc(N(CCCl)CCCl)ccc1CCCC(=O)O. The molecule has 0 aliphatic rings. The van der Waals surface area contributed by atoms with Gasteiger partial charge in [0.15, 0.2) is 0 Å². The number of aliphatic carboxylic acids is 1. The summed E-state index contributed by atoms with van der Waals surface area (Å²) in [5.74, 6) is 0.391. The maximum Gasteiger partial charge on any atom is 0.303 e. The number of hydrogen-bond donors (Lipinski definition) is 1. The molecule has 0 fully saturated rings. The van der Waals surface area contributed by atoms with E-state index in [1.807, 2.05) is 0 Å². The molecule has 0 aliphatic heterocycles. The number of carboxylic acids is 1. The van der Waals surface area contributed by atoms with Gasteiger partial charge in [-0.3, -0.25) is 4.79 Å². The largest absolute Gasteiger partial charge is 0.481 e. The summed E-state index contributed by atoms with van der Waals surface area (Å²) >= 11 is 11.6. The summed E-state index contributed by atoms with van der Waals surface area (Å²) in [6, 6.07) is 6.25. The fourth-order valence-corrected chi connectivity index (χ4v) is 2.57. The van der Waals surface area contributed by atoms with E-state index in [-0.39, 0.29) is 6.42 Å². The van der Waals surface area contributed by atoms with Gasteiger partial charge >= 0.3 is 5.97 Å². The lowest BCUT2D eigenvalue weighted by molar-refractivity contribution is -0.137. The predicted molar refractivity (Wildman–Crippen MR) is 85.4 cm³/mol. The minimum Gasteiger partial charge on any atom is -0.481 e. The summed E-state index contributed by atoms with van der Waals surface area (Å²) in [7, 11) is 0. The minimum absolute atomic E-state index is 0.214. The Balaban J connectivity index is 2.72. The maximum absolute atomic E-state index is 10.5. The van der Waals surface area contributed by atoms with Crippen LogP contribution in [0.25, 0.3) is 0 Å². The number of rotatable bonds is 9. The van der Waals surface area contributed by atoms with Gasteiger partial charge in [0.1, 0.15) is 0 Å². The van der Waals surface area contributed by atoms with Gasteiger partial charge in [0.25, 0.3) is 0 Å². The van der Waals surface area contributed by atoms with Gasteiger partial charge in [-0.05, 0) is 43.0 Å². The van der Waals surface area contributed by atoms with Crippen LogP contribution in [0.3, 0.4) is 0 Å². The van der Waals surface area contributed by atoms with E-state index < -0.39 is 5.97 Å². The number of carbonyl (C=O) groups is 1. The molecule has 5 heteroatoms. The zero-order valence-corrected chi connectivity index (χ0v) is 13.3. The normalized spacial score (nSPS) is 10.6. The zero-order chi connectivity index (χ0) is 15.0. The molecule has 3 nitrogen and oxygen atoms in total. The molecule has 0 heterocycles. The van der Waals surface area contributed by atoms with Gasteiger partial charge in [0, 0.05) is 37.0 Å². The van der Waals surface area contributed by atoms with Crippen molar-refractivity contribution in [1.82, 2.24) is 0 Å². The van der Waals surface area contributed by atoms with E-state index in [1.165, 1.54) is 11.1 Å². The summed E-state index contributed by atoms with van der Waals surface area (Å²) in [5, 5.41) is 8.66. The summed E-state index contributed by atoms with van der Waals surface area (Å²) in [5.41, 5.74) is 3.50. The van der Waals surface area contributed by atoms with Crippen LogP contribution < -0.4 is 4.90 Å². The third-order valence-electron chi connectivity index (χ3n) is 3.24. The third kappa shape index (κ3) is 5.59. The van der Waals surface area contributed by atoms with Crippen LogP contribution in [0, 0.1) is 6.92 Å². The second-order valence-corrected chi connectivity index (χ2v) is 5.48. The molecule has 1 aromatic carbocycles. The van der Waals surface area contributed by atoms with Gasteiger partial charge in [-0.15, -0.1) is 23.2 Å². The van der Waals surface area contributed by atoms with Gasteiger partial charge < -0.3 is 10.0 Å². The summed E-state index contributed by atoms with van der Waals surface area (Å²) in [4.78, 5) is 12.7. The number of alkyl halides is 2. The molecule has 112 valence electrons. The number of hydrogen-bond acceptors (Lipinski definition) is 2. The van der Waals surface area contributed by atoms with Crippen LogP contribution in [0.1, 0.15) is 24.0 Å². The van der Waals surface area contributed by atoms with Gasteiger partial charge in [-0.2, -0.15) is 0 Å². The lowest BCUT2D eigenvalue weighted by Crippen LogP contribution is -2.27. The quantitative estimate of drug-likeness (QED) is 0.706. The van der Waals surface area contributed by atoms with E-state index in [0.717, 1.165) is 25.2 Å². The Morgan fingerprint density at radius 2 is 1.90 bits per heavy atom. The monoisotopic (exact) mass is 317 g/mol. The number of nitrogens with zero attached hydrogens (tertiary/aromatic N) is 1. The Kier molecular flexibility index (Phi) is 7.78. The minimum atomic E-state index is -0.741. The smallest absolute Gasteiger partial charge is 0.303 e. The molecule has 0 amide bonds. The first-order valence-electron chi connectivity index (χ1n) is 6.76. The molecule has 0 unspecified atom stereocenters. The first-order chi connectivity index (χ1) is 9.58. The van der Waals surface area contributed by atoms with E-state index >= 15 is 0 Å². The standard InChI is InChI=1S/C15H21Cl2NO2/c1-12-11-14(18(9-7-16)10-8-17)6-5-13(12)3-2-4-15(19)20/h5-6,11H,2-4,7-10H2,1H3,(H,19,20). The van der Waals surface area contributed by atoms with Crippen LogP contribution in [-0.2, 0) is 11.2 Å². The van der Waals surface area contributed by atoms with Crippen LogP contribution in [0.15, 0.2) is 18.2 Å². The number of halogens is 2. The molecule has 0 aliphatic carbocycles. The Bertz CT molecular complexity index is 432. The average Bonchev–Trinajstić information content (AvgIpc) is 2.40. The van der Waals surface area contributed by atoms with Crippen LogP contribution in [0.2, 0.25) is 0 Å². The van der Waals surface area contributed by atoms with E-state index in [9.17, 15) is 4.79 Å². The van der Waals surface area contributed by atoms with Gasteiger partial charge in [0.05, 0.1) is 0 Å². The van der Waals surface area contributed by atoms with Crippen molar-refractivity contribution in [1.29, 1.82) is 0 Å². The van der Waals surface area contributed by atoms with E-state index in [0.29, 0.717) is 18.2 Å². The van der Waals surface area contributed by atoms with Crippen molar-refractivity contribution in [2.75, 3.05) is 29.7 Å². The molecule has 0 atom stereocenters. The van der Waals surface area contributed by atoms with Gasteiger partial charge in [0.2, 0.25) is 0 Å². The van der Waals surface area contributed by atoms with Crippen LogP contribution >= 0.6 is 23.2 Å². The maximum atomic E-state index is 10.5. The van der Waals surface area contributed by atoms with Crippen LogP contribution in [0.4, 0.5) is 5.69 Å². The highest BCUT2D eigenvalue weighted by Crippen LogP contribution is 2.21. The molecule has 0 saturated heterocycles. The second-order valence-electron chi connectivity index (χ2n) is 4.72. The topological polar surface area (TPSA) is 40.5 Å². The van der Waals surface area contributed by atoms with Crippen molar-refractivity contribution in [2.45, 2.75) is 26.2 Å². The van der Waals surface area contributed by atoms with Crippen molar-refractivity contribution < 1.29 is 9.90 Å². The van der Waals surface area contributed by atoms with Crippen molar-refractivity contribution in [3.8, 4) is 0 Å². The molecular formula is C15H21Cl2NO2. The first-order valence-corrected chi connectivity index (χ1v) is 7.83. The summed E-state index contributed by atoms with van der Waals surface area (Å²) in [6.45, 7) is 3.59. The second kappa shape index (κ2) is 9.09. The molecule has 1 rings (SSSR count). The zero-order valence-electron chi connectivity index (χ0n) is 11.7. The number of benzene rings is 1. The average molecular weight is 318 g/mol. The Labute approximate surface area is 130 Å². The third-order valence-corrected chi connectivity index (χ3v) is 3.58. The van der Waals surface area contributed by atoms with E-state index in [4.69, 9.17) is 28.3 Å². The Hall–Kier alpha value is -0.930. The van der Waals surface area contributed by atoms with Gasteiger partial charge in [-0.1, -0.05) is 6.07 Å². The molecule has 0 saturated carbocycles. The molecule has 20 heavy (non-hydrogen) atoms. The molecule has 1 N–H and O–H groups in total. The lowest BCUT2D eigenvalue weighted by atomic mass is 10.0. The molecule has 0 aromatic heterocycles. The van der Waals surface area contributed by atoms with Crippen molar-refractivity contribution in [3.63, 3.8) is 0 Å². The van der Waals surface area contributed by atoms with Gasteiger partial charge in [-0.25, -0.2) is 0 Å². The Morgan fingerprint density at radius 1 is 1.25 bits per heavy atom. The van der Waals surface area contributed by atoms with Crippen molar-refractivity contribution >= 4 is 34.9 Å². The van der Waals surface area contributed by atoms with Crippen LogP contribution in [0.5, 0.6) is 0 Å². The molecule has 0 spiro atoms. The lowest BCUT2D eigenvalue weighted by Gasteiger charge is -2.24. The number of carboxylic acid groups (broad SMARTS) is 1. The molecule has 1 aromatic rings. The van der Waals surface area contributed by atoms with Crippen LogP contribution in [-0.4, -0.2) is 35.9 Å². The van der Waals surface area contributed by atoms with Crippen molar-refractivity contribution in [3.05, 3.63) is 29.3 Å². The predicted octanol–water partition coefficient (Wildman–Crippen LogP) is 3.69. The number of aryl methyl sites for hydroxylation is 2. The highest BCUT2D eigenvalue weighted by molar-refractivity contribution is 6.18. The number of anilines is 1. The first kappa shape index (κ1) is 17.1. The van der Waals surface area contributed by atoms with E-state index in [1.54, 1.807) is 0 Å². The molecule has 0 radical (unpaired) electrons. The van der Waals surface area contributed by atoms with Crippen molar-refractivity contribution in [2.24, 2.45) is 0 Å². The summed E-state index contributed by atoms with van der Waals surface area (Å²) in [6.07, 6.45) is 1.68. The summed E-state index contributed by atoms with van der Waals surface area (Å²) < 4.78 is 0. The fraction of sp³-hybridized carbons (Fsp3) is 0.533. The Morgan fingerprint density at radius 3 is 2.40 bits per heavy atom. The fourth-order valence-electron chi connectivity index (χ4n) is 2.16. The van der Waals surface area contributed by atoms with E-state index in [2.05, 4.69) is 30.0 Å². The highest BCUT2D eigenvalue weighted by Gasteiger charge is 2.08.